The van der Waals surface area contributed by atoms with Crippen LogP contribution in [0.5, 0.6) is 0 Å². The Bertz CT molecular complexity index is 407. The van der Waals surface area contributed by atoms with Gasteiger partial charge in [0.2, 0.25) is 0 Å². The first kappa shape index (κ1) is 15.5. The lowest BCUT2D eigenvalue weighted by atomic mass is 10.0. The van der Waals surface area contributed by atoms with E-state index in [9.17, 15) is 5.11 Å². The Morgan fingerprint density at radius 3 is 2.55 bits per heavy atom. The Balaban J connectivity index is 1.87. The second-order valence-corrected chi connectivity index (χ2v) is 6.15. The maximum Gasteiger partial charge on any atom is 0.0917 e. The minimum absolute atomic E-state index is 0.334. The maximum atomic E-state index is 10.4. The molecule has 2 atom stereocenters. The van der Waals surface area contributed by atoms with Crippen molar-refractivity contribution in [2.75, 3.05) is 26.7 Å². The first-order valence-corrected chi connectivity index (χ1v) is 7.61. The third-order valence-corrected chi connectivity index (χ3v) is 3.90. The molecular weight excluding hydrogens is 250 g/mol. The van der Waals surface area contributed by atoms with Crippen molar-refractivity contribution < 1.29 is 9.84 Å². The molecule has 0 bridgehead atoms. The molecule has 3 heteroatoms. The smallest absolute Gasteiger partial charge is 0.0917 e. The lowest BCUT2D eigenvalue weighted by molar-refractivity contribution is -0.00796. The van der Waals surface area contributed by atoms with Crippen LogP contribution in [0.1, 0.15) is 42.1 Å². The summed E-state index contributed by atoms with van der Waals surface area (Å²) in [6.45, 7) is 6.59. The second kappa shape index (κ2) is 7.21. The van der Waals surface area contributed by atoms with Gasteiger partial charge in [-0.3, -0.25) is 0 Å². The monoisotopic (exact) mass is 277 g/mol. The van der Waals surface area contributed by atoms with Crippen molar-refractivity contribution >= 4 is 0 Å². The summed E-state index contributed by atoms with van der Waals surface area (Å²) >= 11 is 0. The van der Waals surface area contributed by atoms with Crippen molar-refractivity contribution in [1.82, 2.24) is 4.90 Å². The van der Waals surface area contributed by atoms with Gasteiger partial charge in [-0.1, -0.05) is 29.3 Å². The molecule has 1 aliphatic heterocycles. The lowest BCUT2D eigenvalue weighted by Crippen LogP contribution is -2.35. The van der Waals surface area contributed by atoms with E-state index in [2.05, 4.69) is 44.0 Å². The highest BCUT2D eigenvalue weighted by molar-refractivity contribution is 5.30. The molecule has 1 N–H and O–H groups in total. The fourth-order valence-electron chi connectivity index (χ4n) is 2.98. The van der Waals surface area contributed by atoms with Gasteiger partial charge in [-0.2, -0.15) is 0 Å². The average molecular weight is 277 g/mol. The van der Waals surface area contributed by atoms with E-state index in [0.29, 0.717) is 12.6 Å². The number of aliphatic hydroxyl groups excluding tert-OH is 1. The lowest BCUT2D eigenvalue weighted by Gasteiger charge is -2.28. The number of hydrogen-bond acceptors (Lipinski definition) is 3. The zero-order chi connectivity index (χ0) is 14.5. The summed E-state index contributed by atoms with van der Waals surface area (Å²) in [6, 6.07) is 6.28. The first-order chi connectivity index (χ1) is 9.54. The van der Waals surface area contributed by atoms with E-state index in [1.54, 1.807) is 0 Å². The molecule has 1 aromatic rings. The molecule has 0 radical (unpaired) electrons. The SMILES string of the molecule is Cc1cc(C)cc(C(O)CN(C)CC2CCCCO2)c1. The molecule has 112 valence electrons. The third-order valence-electron chi connectivity index (χ3n) is 3.90. The van der Waals surface area contributed by atoms with Gasteiger partial charge in [0.05, 0.1) is 12.2 Å². The predicted octanol–water partition coefficient (Wildman–Crippen LogP) is 2.84. The Hall–Kier alpha value is -0.900. The predicted molar refractivity (Wildman–Crippen MR) is 82.0 cm³/mol. The van der Waals surface area contributed by atoms with Gasteiger partial charge in [0.25, 0.3) is 0 Å². The van der Waals surface area contributed by atoms with E-state index in [-0.39, 0.29) is 0 Å². The highest BCUT2D eigenvalue weighted by Crippen LogP contribution is 2.19. The zero-order valence-corrected chi connectivity index (χ0v) is 12.9. The summed E-state index contributed by atoms with van der Waals surface area (Å²) in [6.07, 6.45) is 3.50. The molecular formula is C17H27NO2. The van der Waals surface area contributed by atoms with Crippen molar-refractivity contribution in [3.05, 3.63) is 34.9 Å². The van der Waals surface area contributed by atoms with Gasteiger partial charge in [-0.25, -0.2) is 0 Å². The molecule has 2 unspecified atom stereocenters. The minimum Gasteiger partial charge on any atom is -0.387 e. The Kier molecular flexibility index (Phi) is 5.58. The van der Waals surface area contributed by atoms with E-state index in [4.69, 9.17) is 4.74 Å². The van der Waals surface area contributed by atoms with Crippen molar-refractivity contribution in [2.45, 2.75) is 45.3 Å². The van der Waals surface area contributed by atoms with Gasteiger partial charge < -0.3 is 14.7 Å². The van der Waals surface area contributed by atoms with Crippen LogP contribution in [0.15, 0.2) is 18.2 Å². The average Bonchev–Trinajstić information content (AvgIpc) is 2.38. The van der Waals surface area contributed by atoms with Crippen LogP contribution in [-0.2, 0) is 4.74 Å². The number of likely N-dealkylation sites (N-methyl/N-ethyl adjacent to an activating group) is 1. The summed E-state index contributed by atoms with van der Waals surface area (Å²) in [5.74, 6) is 0. The van der Waals surface area contributed by atoms with Crippen LogP contribution in [0, 0.1) is 13.8 Å². The van der Waals surface area contributed by atoms with Crippen LogP contribution in [0.25, 0.3) is 0 Å². The van der Waals surface area contributed by atoms with Gasteiger partial charge in [0.1, 0.15) is 0 Å². The Morgan fingerprint density at radius 1 is 1.25 bits per heavy atom. The summed E-state index contributed by atoms with van der Waals surface area (Å²) in [5, 5.41) is 10.4. The van der Waals surface area contributed by atoms with E-state index in [0.717, 1.165) is 25.1 Å². The van der Waals surface area contributed by atoms with Gasteiger partial charge >= 0.3 is 0 Å². The molecule has 1 saturated heterocycles. The number of benzene rings is 1. The molecule has 0 aromatic heterocycles. The fourth-order valence-corrected chi connectivity index (χ4v) is 2.98. The topological polar surface area (TPSA) is 32.7 Å². The normalized spacial score (nSPS) is 21.1. The molecule has 0 saturated carbocycles. The van der Waals surface area contributed by atoms with Crippen LogP contribution in [0.4, 0.5) is 0 Å². The van der Waals surface area contributed by atoms with Crippen LogP contribution in [-0.4, -0.2) is 42.9 Å². The van der Waals surface area contributed by atoms with Gasteiger partial charge in [-0.15, -0.1) is 0 Å². The molecule has 2 rings (SSSR count). The number of hydrogen-bond donors (Lipinski definition) is 1. The summed E-state index contributed by atoms with van der Waals surface area (Å²) < 4.78 is 5.75. The molecule has 1 aliphatic rings. The van der Waals surface area contributed by atoms with Crippen LogP contribution in [0.3, 0.4) is 0 Å². The number of ether oxygens (including phenoxy) is 1. The first-order valence-electron chi connectivity index (χ1n) is 7.61. The van der Waals surface area contributed by atoms with Crippen LogP contribution >= 0.6 is 0 Å². The molecule has 3 nitrogen and oxygen atoms in total. The molecule has 0 amide bonds. The molecule has 0 spiro atoms. The van der Waals surface area contributed by atoms with E-state index < -0.39 is 6.10 Å². The minimum atomic E-state index is -0.429. The number of aliphatic hydroxyl groups is 1. The number of rotatable bonds is 5. The van der Waals surface area contributed by atoms with E-state index in [1.807, 2.05) is 0 Å². The summed E-state index contributed by atoms with van der Waals surface area (Å²) in [4.78, 5) is 2.18. The molecule has 0 aliphatic carbocycles. The molecule has 1 fully saturated rings. The fraction of sp³-hybridized carbons (Fsp3) is 0.647. The van der Waals surface area contributed by atoms with Crippen LogP contribution in [0.2, 0.25) is 0 Å². The summed E-state index contributed by atoms with van der Waals surface area (Å²) in [7, 11) is 2.06. The van der Waals surface area contributed by atoms with Crippen molar-refractivity contribution in [3.8, 4) is 0 Å². The Morgan fingerprint density at radius 2 is 1.95 bits per heavy atom. The highest BCUT2D eigenvalue weighted by Gasteiger charge is 2.18. The van der Waals surface area contributed by atoms with Crippen molar-refractivity contribution in [2.24, 2.45) is 0 Å². The van der Waals surface area contributed by atoms with Crippen molar-refractivity contribution in [1.29, 1.82) is 0 Å². The quantitative estimate of drug-likeness (QED) is 0.898. The van der Waals surface area contributed by atoms with E-state index >= 15 is 0 Å². The van der Waals surface area contributed by atoms with Gasteiger partial charge in [0, 0.05) is 19.7 Å². The number of nitrogens with zero attached hydrogens (tertiary/aromatic N) is 1. The van der Waals surface area contributed by atoms with Crippen LogP contribution < -0.4 is 0 Å². The number of aryl methyl sites for hydroxylation is 2. The van der Waals surface area contributed by atoms with E-state index in [1.165, 1.54) is 24.0 Å². The highest BCUT2D eigenvalue weighted by atomic mass is 16.5. The Labute approximate surface area is 122 Å². The largest absolute Gasteiger partial charge is 0.387 e. The molecule has 20 heavy (non-hydrogen) atoms. The standard InChI is InChI=1S/C17H27NO2/c1-13-8-14(2)10-15(9-13)17(19)12-18(3)11-16-6-4-5-7-20-16/h8-10,16-17,19H,4-7,11-12H2,1-3H3. The second-order valence-electron chi connectivity index (χ2n) is 6.15. The van der Waals surface area contributed by atoms with Crippen molar-refractivity contribution in [3.63, 3.8) is 0 Å². The molecule has 1 heterocycles. The third kappa shape index (κ3) is 4.58. The van der Waals surface area contributed by atoms with Gasteiger partial charge in [0.15, 0.2) is 0 Å². The van der Waals surface area contributed by atoms with Gasteiger partial charge in [-0.05, 0) is 45.7 Å². The summed E-state index contributed by atoms with van der Waals surface area (Å²) in [5.41, 5.74) is 3.42. The molecule has 1 aromatic carbocycles. The zero-order valence-electron chi connectivity index (χ0n) is 12.9. The maximum absolute atomic E-state index is 10.4.